The zero-order valence-electron chi connectivity index (χ0n) is 10.6. The van der Waals surface area contributed by atoms with Crippen LogP contribution < -0.4 is 14.8 Å². The van der Waals surface area contributed by atoms with E-state index in [4.69, 9.17) is 4.52 Å². The number of rotatable bonds is 2. The minimum atomic E-state index is -3.69. The smallest absolute Gasteiger partial charge is 0.395 e. The van der Waals surface area contributed by atoms with Crippen LogP contribution in [0.25, 0.3) is 11.0 Å². The summed E-state index contributed by atoms with van der Waals surface area (Å²) in [6, 6.07) is 3.98. The van der Waals surface area contributed by atoms with Crippen LogP contribution in [0.1, 0.15) is 10.6 Å². The first kappa shape index (κ1) is 12.6. The van der Waals surface area contributed by atoms with Crippen LogP contribution in [0.2, 0.25) is 0 Å². The van der Waals surface area contributed by atoms with E-state index in [0.717, 1.165) is 0 Å². The Hall–Kier alpha value is -3.17. The first-order valence-electron chi connectivity index (χ1n) is 6.02. The van der Waals surface area contributed by atoms with Gasteiger partial charge in [-0.15, -0.1) is 8.78 Å². The summed E-state index contributed by atoms with van der Waals surface area (Å²) in [5, 5.41) is 5.87. The van der Waals surface area contributed by atoms with Crippen molar-refractivity contribution >= 4 is 22.9 Å². The van der Waals surface area contributed by atoms with Gasteiger partial charge in [-0.3, -0.25) is 10.1 Å². The molecule has 1 aliphatic heterocycles. The van der Waals surface area contributed by atoms with E-state index in [1.165, 1.54) is 24.4 Å². The minimum Gasteiger partial charge on any atom is -0.395 e. The Labute approximate surface area is 120 Å². The maximum absolute atomic E-state index is 13.0. The molecule has 3 aromatic rings. The highest BCUT2D eigenvalue weighted by Gasteiger charge is 2.43. The van der Waals surface area contributed by atoms with Crippen molar-refractivity contribution in [1.82, 2.24) is 15.1 Å². The Balaban J connectivity index is 1.64. The molecule has 3 heterocycles. The number of hydrogen-bond acceptors (Lipinski definition) is 6. The van der Waals surface area contributed by atoms with Gasteiger partial charge in [0.1, 0.15) is 0 Å². The summed E-state index contributed by atoms with van der Waals surface area (Å²) < 4.78 is 39.3. The van der Waals surface area contributed by atoms with Crippen LogP contribution in [0.4, 0.5) is 14.7 Å². The molecular formula is C12H6F2N4O4. The SMILES string of the molecule is O=C(Nc1nc2cc3c(cc2[nH]1)OC(F)(F)O3)c1ccno1. The summed E-state index contributed by atoms with van der Waals surface area (Å²) in [6.07, 6.45) is -2.36. The number of aromatic amines is 1. The number of imidazole rings is 1. The lowest BCUT2D eigenvalue weighted by atomic mass is 10.3. The van der Waals surface area contributed by atoms with Gasteiger partial charge < -0.3 is 19.0 Å². The fourth-order valence-corrected chi connectivity index (χ4v) is 2.02. The molecule has 10 heteroatoms. The monoisotopic (exact) mass is 308 g/mol. The summed E-state index contributed by atoms with van der Waals surface area (Å²) in [6.45, 7) is 0. The van der Waals surface area contributed by atoms with E-state index in [2.05, 4.69) is 29.9 Å². The Kier molecular flexibility index (Phi) is 2.38. The molecule has 0 bridgehead atoms. The Morgan fingerprint density at radius 3 is 2.77 bits per heavy atom. The first-order valence-corrected chi connectivity index (χ1v) is 6.02. The van der Waals surface area contributed by atoms with E-state index in [1.54, 1.807) is 0 Å². The fourth-order valence-electron chi connectivity index (χ4n) is 2.02. The summed E-state index contributed by atoms with van der Waals surface area (Å²) in [5.74, 6) is -0.671. The Morgan fingerprint density at radius 2 is 2.05 bits per heavy atom. The molecule has 0 fully saturated rings. The van der Waals surface area contributed by atoms with Crippen LogP contribution in [0.3, 0.4) is 0 Å². The van der Waals surface area contributed by atoms with Gasteiger partial charge in [-0.25, -0.2) is 4.98 Å². The van der Waals surface area contributed by atoms with Crippen molar-refractivity contribution in [2.24, 2.45) is 0 Å². The molecule has 0 radical (unpaired) electrons. The predicted molar refractivity (Wildman–Crippen MR) is 66.8 cm³/mol. The Morgan fingerprint density at radius 1 is 1.27 bits per heavy atom. The minimum absolute atomic E-state index is 0.00857. The lowest BCUT2D eigenvalue weighted by Gasteiger charge is -2.04. The highest BCUT2D eigenvalue weighted by molar-refractivity contribution is 6.01. The number of anilines is 1. The zero-order valence-corrected chi connectivity index (χ0v) is 10.6. The molecule has 8 nitrogen and oxygen atoms in total. The van der Waals surface area contributed by atoms with Gasteiger partial charge in [0, 0.05) is 18.2 Å². The van der Waals surface area contributed by atoms with Gasteiger partial charge in [0.2, 0.25) is 11.7 Å². The third-order valence-corrected chi connectivity index (χ3v) is 2.90. The second-order valence-corrected chi connectivity index (χ2v) is 4.40. The zero-order chi connectivity index (χ0) is 15.3. The summed E-state index contributed by atoms with van der Waals surface area (Å²) >= 11 is 0. The number of carbonyl (C=O) groups is 1. The quantitative estimate of drug-likeness (QED) is 0.752. The van der Waals surface area contributed by atoms with Gasteiger partial charge in [0.05, 0.1) is 17.2 Å². The number of halogens is 2. The molecule has 2 aromatic heterocycles. The molecule has 0 unspecified atom stereocenters. The molecule has 1 amide bonds. The molecular weight excluding hydrogens is 302 g/mol. The fraction of sp³-hybridized carbons (Fsp3) is 0.0833. The molecule has 0 atom stereocenters. The predicted octanol–water partition coefficient (Wildman–Crippen LogP) is 2.12. The van der Waals surface area contributed by atoms with Gasteiger partial charge in [-0.2, -0.15) is 0 Å². The van der Waals surface area contributed by atoms with Gasteiger partial charge in [-0.1, -0.05) is 5.16 Å². The highest BCUT2D eigenvalue weighted by atomic mass is 19.3. The number of aromatic nitrogens is 3. The van der Waals surface area contributed by atoms with Gasteiger partial charge in [-0.05, 0) is 0 Å². The number of alkyl halides is 2. The van der Waals surface area contributed by atoms with Crippen molar-refractivity contribution < 1.29 is 27.6 Å². The summed E-state index contributed by atoms with van der Waals surface area (Å²) in [7, 11) is 0. The lowest BCUT2D eigenvalue weighted by molar-refractivity contribution is -0.286. The first-order chi connectivity index (χ1) is 10.5. The van der Waals surface area contributed by atoms with Crippen molar-refractivity contribution in [2.45, 2.75) is 6.29 Å². The number of nitrogens with one attached hydrogen (secondary N) is 2. The summed E-state index contributed by atoms with van der Waals surface area (Å²) in [5.41, 5.74) is 0.723. The van der Waals surface area contributed by atoms with Crippen molar-refractivity contribution in [3.8, 4) is 11.5 Å². The standard InChI is InChI=1S/C12H6F2N4O4/c13-12(14)20-8-3-5-6(4-9(8)21-12)17-11(16-5)18-10(19)7-1-2-15-22-7/h1-4H,(H2,16,17,18,19). The second kappa shape index (κ2) is 4.16. The van der Waals surface area contributed by atoms with E-state index in [0.29, 0.717) is 11.0 Å². The van der Waals surface area contributed by atoms with Gasteiger partial charge in [0.15, 0.2) is 11.5 Å². The van der Waals surface area contributed by atoms with E-state index < -0.39 is 12.2 Å². The second-order valence-electron chi connectivity index (χ2n) is 4.40. The molecule has 0 saturated carbocycles. The van der Waals surface area contributed by atoms with E-state index in [1.807, 2.05) is 0 Å². The molecule has 0 aliphatic carbocycles. The van der Waals surface area contributed by atoms with Crippen LogP contribution in [-0.2, 0) is 0 Å². The molecule has 1 aliphatic rings. The third-order valence-electron chi connectivity index (χ3n) is 2.90. The average Bonchev–Trinajstić information content (AvgIpc) is 3.11. The number of fused-ring (bicyclic) bond motifs is 2. The van der Waals surface area contributed by atoms with Crippen LogP contribution in [0, 0.1) is 0 Å². The van der Waals surface area contributed by atoms with E-state index in [-0.39, 0.29) is 23.2 Å². The van der Waals surface area contributed by atoms with Crippen molar-refractivity contribution in [2.75, 3.05) is 5.32 Å². The number of H-pyrrole nitrogens is 1. The number of carbonyl (C=O) groups excluding carboxylic acids is 1. The molecule has 0 saturated heterocycles. The van der Waals surface area contributed by atoms with E-state index >= 15 is 0 Å². The highest BCUT2D eigenvalue weighted by Crippen LogP contribution is 2.42. The van der Waals surface area contributed by atoms with Crippen LogP contribution >= 0.6 is 0 Å². The topological polar surface area (TPSA) is 102 Å². The molecule has 2 N–H and O–H groups in total. The lowest BCUT2D eigenvalue weighted by Crippen LogP contribution is -2.25. The van der Waals surface area contributed by atoms with Gasteiger partial charge >= 0.3 is 6.29 Å². The van der Waals surface area contributed by atoms with Crippen LogP contribution in [0.5, 0.6) is 11.5 Å². The molecule has 112 valence electrons. The average molecular weight is 308 g/mol. The van der Waals surface area contributed by atoms with Crippen LogP contribution in [0.15, 0.2) is 28.9 Å². The number of amides is 1. The molecule has 1 aromatic carbocycles. The van der Waals surface area contributed by atoms with E-state index in [9.17, 15) is 13.6 Å². The number of hydrogen-bond donors (Lipinski definition) is 2. The number of benzene rings is 1. The van der Waals surface area contributed by atoms with Crippen molar-refractivity contribution in [3.63, 3.8) is 0 Å². The third kappa shape index (κ3) is 2.01. The number of ether oxygens (including phenoxy) is 2. The van der Waals surface area contributed by atoms with Gasteiger partial charge in [0.25, 0.3) is 5.91 Å². The summed E-state index contributed by atoms with van der Waals surface area (Å²) in [4.78, 5) is 18.6. The molecule has 0 spiro atoms. The maximum Gasteiger partial charge on any atom is 0.586 e. The van der Waals surface area contributed by atoms with Crippen LogP contribution in [-0.4, -0.2) is 27.3 Å². The molecule has 4 rings (SSSR count). The normalized spacial score (nSPS) is 15.2. The van der Waals surface area contributed by atoms with Crippen molar-refractivity contribution in [1.29, 1.82) is 0 Å². The van der Waals surface area contributed by atoms with Crippen molar-refractivity contribution in [3.05, 3.63) is 30.2 Å². The number of nitrogens with zero attached hydrogens (tertiary/aromatic N) is 2. The largest absolute Gasteiger partial charge is 0.586 e. The Bertz CT molecular complexity index is 830. The maximum atomic E-state index is 13.0. The molecule has 22 heavy (non-hydrogen) atoms.